The van der Waals surface area contributed by atoms with Crippen LogP contribution in [-0.2, 0) is 4.79 Å². The molecule has 4 heteroatoms. The molecule has 112 valence electrons. The van der Waals surface area contributed by atoms with E-state index in [1.54, 1.807) is 0 Å². The molecular weight excluding hydrogens is 260 g/mol. The molecule has 0 aromatic heterocycles. The molecule has 0 spiro atoms. The van der Waals surface area contributed by atoms with Gasteiger partial charge < -0.3 is 10.6 Å². The van der Waals surface area contributed by atoms with Crippen LogP contribution in [0.4, 0.5) is 0 Å². The van der Waals surface area contributed by atoms with Crippen LogP contribution in [-0.4, -0.2) is 24.0 Å². The highest BCUT2D eigenvalue weighted by Crippen LogP contribution is 2.27. The van der Waals surface area contributed by atoms with Gasteiger partial charge in [0, 0.05) is 6.04 Å². The minimum atomic E-state index is -0.322. The zero-order chi connectivity index (χ0) is 13.0. The molecule has 1 aliphatic carbocycles. The summed E-state index contributed by atoms with van der Waals surface area (Å²) in [6, 6.07) is 0.414. The maximum atomic E-state index is 12.4. The van der Waals surface area contributed by atoms with Crippen LogP contribution >= 0.6 is 12.4 Å². The van der Waals surface area contributed by atoms with Gasteiger partial charge in [0.2, 0.25) is 5.91 Å². The Labute approximate surface area is 123 Å². The van der Waals surface area contributed by atoms with Crippen molar-refractivity contribution < 1.29 is 4.79 Å². The average Bonchev–Trinajstić information content (AvgIpc) is 2.40. The number of amides is 1. The molecule has 2 N–H and O–H groups in total. The lowest BCUT2D eigenvalue weighted by Crippen LogP contribution is -2.59. The fourth-order valence-corrected chi connectivity index (χ4v) is 3.39. The minimum Gasteiger partial charge on any atom is -0.352 e. The molecule has 0 aromatic carbocycles. The van der Waals surface area contributed by atoms with Crippen molar-refractivity contribution in [3.8, 4) is 0 Å². The molecule has 1 amide bonds. The Morgan fingerprint density at radius 2 is 2.11 bits per heavy atom. The Bertz CT molecular complexity index is 290. The second-order valence-corrected chi connectivity index (χ2v) is 6.33. The Balaban J connectivity index is 0.00000180. The molecule has 3 atom stereocenters. The summed E-state index contributed by atoms with van der Waals surface area (Å²) in [5, 5.41) is 6.69. The van der Waals surface area contributed by atoms with Crippen LogP contribution in [0.15, 0.2) is 0 Å². The highest BCUT2D eigenvalue weighted by molar-refractivity contribution is 5.86. The van der Waals surface area contributed by atoms with Gasteiger partial charge in [-0.3, -0.25) is 4.79 Å². The number of halogens is 1. The van der Waals surface area contributed by atoms with Crippen LogP contribution in [0.5, 0.6) is 0 Å². The highest BCUT2D eigenvalue weighted by Gasteiger charge is 2.35. The maximum Gasteiger partial charge on any atom is 0.240 e. The van der Waals surface area contributed by atoms with E-state index < -0.39 is 0 Å². The smallest absolute Gasteiger partial charge is 0.240 e. The summed E-state index contributed by atoms with van der Waals surface area (Å²) in [7, 11) is 0. The second-order valence-electron chi connectivity index (χ2n) is 6.33. The molecule has 3 unspecified atom stereocenters. The van der Waals surface area contributed by atoms with E-state index in [0.29, 0.717) is 6.04 Å². The first kappa shape index (κ1) is 16.8. The van der Waals surface area contributed by atoms with E-state index in [1.807, 2.05) is 0 Å². The summed E-state index contributed by atoms with van der Waals surface area (Å²) in [6.07, 6.45) is 9.55. The minimum absolute atomic E-state index is 0. The monoisotopic (exact) mass is 288 g/mol. The zero-order valence-electron chi connectivity index (χ0n) is 12.3. The molecule has 1 heterocycles. The molecule has 2 rings (SSSR count). The maximum absolute atomic E-state index is 12.4. The van der Waals surface area contributed by atoms with Gasteiger partial charge >= 0.3 is 0 Å². The predicted octanol–water partition coefficient (Wildman–Crippen LogP) is 3.03. The summed E-state index contributed by atoms with van der Waals surface area (Å²) >= 11 is 0. The van der Waals surface area contributed by atoms with Crippen molar-refractivity contribution in [2.45, 2.75) is 76.8 Å². The summed E-state index contributed by atoms with van der Waals surface area (Å²) < 4.78 is 0. The lowest BCUT2D eigenvalue weighted by Gasteiger charge is -2.36. The summed E-state index contributed by atoms with van der Waals surface area (Å²) in [5.74, 6) is 1.04. The van der Waals surface area contributed by atoms with Gasteiger partial charge in [0.25, 0.3) is 0 Å². The van der Waals surface area contributed by atoms with Crippen molar-refractivity contribution in [3.63, 3.8) is 0 Å². The first-order chi connectivity index (χ1) is 8.64. The number of hydrogen-bond donors (Lipinski definition) is 2. The number of carbonyl (C=O) groups excluding carboxylic acids is 1. The third-order valence-corrected chi connectivity index (χ3v) is 4.82. The third kappa shape index (κ3) is 4.35. The molecular formula is C15H29ClN2O. The molecule has 1 saturated carbocycles. The van der Waals surface area contributed by atoms with Crippen LogP contribution in [0.25, 0.3) is 0 Å². The van der Waals surface area contributed by atoms with Gasteiger partial charge in [-0.05, 0) is 51.5 Å². The normalized spacial score (nSPS) is 35.3. The number of nitrogens with one attached hydrogen (secondary N) is 2. The Morgan fingerprint density at radius 1 is 1.32 bits per heavy atom. The quantitative estimate of drug-likeness (QED) is 0.838. The first-order valence-corrected chi connectivity index (χ1v) is 7.70. The van der Waals surface area contributed by atoms with E-state index >= 15 is 0 Å². The number of carbonyl (C=O) groups is 1. The van der Waals surface area contributed by atoms with Gasteiger partial charge in [0.05, 0.1) is 5.54 Å². The molecule has 1 saturated heterocycles. The number of piperidine rings is 1. The predicted molar refractivity (Wildman–Crippen MR) is 81.7 cm³/mol. The van der Waals surface area contributed by atoms with Gasteiger partial charge in [-0.25, -0.2) is 0 Å². The SMILES string of the molecule is CCC1CCCC(NC(=O)C2(C)CCCCN2)C1.Cl. The Morgan fingerprint density at radius 3 is 2.74 bits per heavy atom. The van der Waals surface area contributed by atoms with Crippen LogP contribution in [0.2, 0.25) is 0 Å². The number of hydrogen-bond acceptors (Lipinski definition) is 2. The van der Waals surface area contributed by atoms with E-state index in [9.17, 15) is 4.79 Å². The van der Waals surface area contributed by atoms with Gasteiger partial charge in [0.1, 0.15) is 0 Å². The van der Waals surface area contributed by atoms with Gasteiger partial charge in [0.15, 0.2) is 0 Å². The summed E-state index contributed by atoms with van der Waals surface area (Å²) in [6.45, 7) is 5.30. The van der Waals surface area contributed by atoms with E-state index in [-0.39, 0.29) is 23.9 Å². The Hall–Kier alpha value is -0.280. The summed E-state index contributed by atoms with van der Waals surface area (Å²) in [5.41, 5.74) is -0.322. The molecule has 1 aliphatic heterocycles. The largest absolute Gasteiger partial charge is 0.352 e. The lowest BCUT2D eigenvalue weighted by molar-refractivity contribution is -0.129. The average molecular weight is 289 g/mol. The number of rotatable bonds is 3. The second kappa shape index (κ2) is 7.49. The van der Waals surface area contributed by atoms with Gasteiger partial charge in [-0.1, -0.05) is 26.2 Å². The van der Waals surface area contributed by atoms with Crippen LogP contribution in [0.1, 0.15) is 65.2 Å². The standard InChI is InChI=1S/C15H28N2O.ClH/c1-3-12-7-6-8-13(11-12)17-14(18)15(2)9-4-5-10-16-15;/h12-13,16H,3-11H2,1-2H3,(H,17,18);1H. The van der Waals surface area contributed by atoms with Crippen LogP contribution in [0.3, 0.4) is 0 Å². The molecule has 3 nitrogen and oxygen atoms in total. The topological polar surface area (TPSA) is 41.1 Å². The van der Waals surface area contributed by atoms with Crippen LogP contribution in [0, 0.1) is 5.92 Å². The van der Waals surface area contributed by atoms with E-state index in [0.717, 1.165) is 18.9 Å². The van der Waals surface area contributed by atoms with Crippen molar-refractivity contribution in [1.29, 1.82) is 0 Å². The van der Waals surface area contributed by atoms with Gasteiger partial charge in [-0.15, -0.1) is 12.4 Å². The van der Waals surface area contributed by atoms with Crippen molar-refractivity contribution in [2.75, 3.05) is 6.54 Å². The summed E-state index contributed by atoms with van der Waals surface area (Å²) in [4.78, 5) is 12.4. The highest BCUT2D eigenvalue weighted by atomic mass is 35.5. The van der Waals surface area contributed by atoms with Crippen LogP contribution < -0.4 is 10.6 Å². The molecule has 0 radical (unpaired) electrons. The molecule has 2 aliphatic rings. The lowest BCUT2D eigenvalue weighted by atomic mass is 9.83. The van der Waals surface area contributed by atoms with Crippen molar-refractivity contribution in [3.05, 3.63) is 0 Å². The first-order valence-electron chi connectivity index (χ1n) is 7.70. The fourth-order valence-electron chi connectivity index (χ4n) is 3.39. The molecule has 0 aromatic rings. The molecule has 0 bridgehead atoms. The zero-order valence-corrected chi connectivity index (χ0v) is 13.2. The third-order valence-electron chi connectivity index (χ3n) is 4.82. The molecule has 19 heavy (non-hydrogen) atoms. The van der Waals surface area contributed by atoms with E-state index in [4.69, 9.17) is 0 Å². The van der Waals surface area contributed by atoms with Crippen molar-refractivity contribution in [2.24, 2.45) is 5.92 Å². The van der Waals surface area contributed by atoms with Crippen molar-refractivity contribution in [1.82, 2.24) is 10.6 Å². The van der Waals surface area contributed by atoms with E-state index in [2.05, 4.69) is 24.5 Å². The molecule has 2 fully saturated rings. The fraction of sp³-hybridized carbons (Fsp3) is 0.933. The van der Waals surface area contributed by atoms with Gasteiger partial charge in [-0.2, -0.15) is 0 Å². The van der Waals surface area contributed by atoms with Crippen molar-refractivity contribution >= 4 is 18.3 Å². The Kier molecular flexibility index (Phi) is 6.61. The van der Waals surface area contributed by atoms with E-state index in [1.165, 1.54) is 44.9 Å².